The van der Waals surface area contributed by atoms with Crippen LogP contribution in [0.2, 0.25) is 0 Å². The summed E-state index contributed by atoms with van der Waals surface area (Å²) in [5, 5.41) is 5.37. The first-order chi connectivity index (χ1) is 17.5. The summed E-state index contributed by atoms with van der Waals surface area (Å²) in [6.45, 7) is 5.25. The van der Waals surface area contributed by atoms with Gasteiger partial charge in [-0.2, -0.15) is 0 Å². The molecule has 0 fully saturated rings. The number of ether oxygens (including phenoxy) is 2. The maximum Gasteiger partial charge on any atom is 0.356 e. The molecule has 0 amide bonds. The molecule has 0 aliphatic carbocycles. The van der Waals surface area contributed by atoms with Crippen molar-refractivity contribution in [3.8, 4) is 0 Å². The SMILES string of the molecule is CC[C@H](C)[C@H](NCCc1nc(C(=O)OC)cc2c3ccccc3n(Cc3ccccc3)c12)C(=O)OC. The number of carbonyl (C=O) groups excluding carboxylic acids is 2. The van der Waals surface area contributed by atoms with E-state index in [1.165, 1.54) is 19.8 Å². The number of aromatic nitrogens is 2. The van der Waals surface area contributed by atoms with Crippen molar-refractivity contribution < 1.29 is 19.1 Å². The van der Waals surface area contributed by atoms with Crippen LogP contribution in [0, 0.1) is 5.92 Å². The maximum absolute atomic E-state index is 12.5. The fourth-order valence-electron chi connectivity index (χ4n) is 4.69. The molecule has 0 unspecified atom stereocenters. The van der Waals surface area contributed by atoms with E-state index in [0.717, 1.165) is 33.9 Å². The molecule has 1 N–H and O–H groups in total. The molecular formula is C29H33N3O4. The minimum absolute atomic E-state index is 0.122. The number of methoxy groups -OCH3 is 2. The summed E-state index contributed by atoms with van der Waals surface area (Å²) in [5.41, 5.74) is 4.27. The summed E-state index contributed by atoms with van der Waals surface area (Å²) in [5.74, 6) is -0.627. The van der Waals surface area contributed by atoms with Gasteiger partial charge in [-0.3, -0.25) is 4.79 Å². The van der Waals surface area contributed by atoms with Gasteiger partial charge < -0.3 is 19.4 Å². The third-order valence-corrected chi connectivity index (χ3v) is 6.79. The molecule has 4 aromatic rings. The van der Waals surface area contributed by atoms with Gasteiger partial charge in [-0.05, 0) is 23.6 Å². The molecule has 188 valence electrons. The zero-order chi connectivity index (χ0) is 25.7. The average molecular weight is 488 g/mol. The molecule has 2 aromatic heterocycles. The molecule has 0 aliphatic heterocycles. The Morgan fingerprint density at radius 1 is 1.00 bits per heavy atom. The Kier molecular flexibility index (Phi) is 8.00. The first kappa shape index (κ1) is 25.4. The summed E-state index contributed by atoms with van der Waals surface area (Å²) >= 11 is 0. The van der Waals surface area contributed by atoms with Crippen molar-refractivity contribution in [3.63, 3.8) is 0 Å². The second kappa shape index (κ2) is 11.4. The Balaban J connectivity index is 1.81. The fraction of sp³-hybridized carbons (Fsp3) is 0.345. The first-order valence-corrected chi connectivity index (χ1v) is 12.3. The van der Waals surface area contributed by atoms with Crippen molar-refractivity contribution in [2.24, 2.45) is 5.92 Å². The Morgan fingerprint density at radius 2 is 1.72 bits per heavy atom. The van der Waals surface area contributed by atoms with Crippen molar-refractivity contribution in [1.82, 2.24) is 14.9 Å². The Labute approximate surface area is 211 Å². The lowest BCUT2D eigenvalue weighted by molar-refractivity contribution is -0.144. The molecule has 0 saturated heterocycles. The van der Waals surface area contributed by atoms with E-state index in [1.54, 1.807) is 0 Å². The van der Waals surface area contributed by atoms with Gasteiger partial charge in [0.1, 0.15) is 11.7 Å². The molecule has 0 radical (unpaired) electrons. The molecule has 0 spiro atoms. The largest absolute Gasteiger partial charge is 0.468 e. The molecule has 0 bridgehead atoms. The lowest BCUT2D eigenvalue weighted by atomic mass is 9.99. The van der Waals surface area contributed by atoms with Gasteiger partial charge in [-0.25, -0.2) is 9.78 Å². The number of benzene rings is 2. The molecule has 4 rings (SSSR count). The van der Waals surface area contributed by atoms with E-state index in [-0.39, 0.29) is 17.6 Å². The lowest BCUT2D eigenvalue weighted by Crippen LogP contribution is -2.43. The minimum atomic E-state index is -0.474. The molecule has 0 aliphatic rings. The number of carbonyl (C=O) groups is 2. The predicted octanol–water partition coefficient (Wildman–Crippen LogP) is 4.74. The number of pyridine rings is 1. The number of esters is 2. The van der Waals surface area contributed by atoms with Crippen molar-refractivity contribution >= 4 is 33.7 Å². The molecule has 2 atom stereocenters. The number of nitrogens with one attached hydrogen (secondary N) is 1. The van der Waals surface area contributed by atoms with Gasteiger partial charge in [0.25, 0.3) is 0 Å². The standard InChI is InChI=1S/C29H33N3O4/c1-5-19(2)26(29(34)36-4)30-16-15-23-27-22(17-24(31-23)28(33)35-3)21-13-9-10-14-25(21)32(27)18-20-11-7-6-8-12-20/h6-14,17,19,26,30H,5,15-16,18H2,1-4H3/t19-,26-/m0/s1. The third kappa shape index (κ3) is 5.11. The minimum Gasteiger partial charge on any atom is -0.468 e. The van der Waals surface area contributed by atoms with Crippen LogP contribution >= 0.6 is 0 Å². The molecule has 2 heterocycles. The highest BCUT2D eigenvalue weighted by Gasteiger charge is 2.25. The van der Waals surface area contributed by atoms with Gasteiger partial charge >= 0.3 is 11.9 Å². The second-order valence-corrected chi connectivity index (χ2v) is 9.02. The Morgan fingerprint density at radius 3 is 2.42 bits per heavy atom. The molecule has 2 aromatic carbocycles. The first-order valence-electron chi connectivity index (χ1n) is 12.3. The Bertz CT molecular complexity index is 1360. The summed E-state index contributed by atoms with van der Waals surface area (Å²) < 4.78 is 12.3. The monoisotopic (exact) mass is 487 g/mol. The van der Waals surface area contributed by atoms with Gasteiger partial charge in [0, 0.05) is 35.8 Å². The van der Waals surface area contributed by atoms with E-state index in [0.29, 0.717) is 19.5 Å². The van der Waals surface area contributed by atoms with Crippen molar-refractivity contribution in [2.75, 3.05) is 20.8 Å². The van der Waals surface area contributed by atoms with Gasteiger partial charge in [-0.15, -0.1) is 0 Å². The van der Waals surface area contributed by atoms with Crippen molar-refractivity contribution in [1.29, 1.82) is 0 Å². The highest BCUT2D eigenvalue weighted by molar-refractivity contribution is 6.10. The molecule has 7 nitrogen and oxygen atoms in total. The smallest absolute Gasteiger partial charge is 0.356 e. The summed E-state index contributed by atoms with van der Waals surface area (Å²) in [7, 11) is 2.77. The third-order valence-electron chi connectivity index (χ3n) is 6.79. The van der Waals surface area contributed by atoms with E-state index in [4.69, 9.17) is 14.5 Å². The second-order valence-electron chi connectivity index (χ2n) is 9.02. The number of rotatable bonds is 10. The van der Waals surface area contributed by atoms with Gasteiger partial charge in [0.05, 0.1) is 25.4 Å². The normalized spacial score (nSPS) is 13.0. The van der Waals surface area contributed by atoms with Crippen LogP contribution in [0.5, 0.6) is 0 Å². The number of nitrogens with zero attached hydrogens (tertiary/aromatic N) is 2. The van der Waals surface area contributed by atoms with Crippen LogP contribution in [0.3, 0.4) is 0 Å². The zero-order valence-corrected chi connectivity index (χ0v) is 21.3. The molecular weight excluding hydrogens is 454 g/mol. The summed E-state index contributed by atoms with van der Waals surface area (Å²) in [6, 6.07) is 19.9. The topological polar surface area (TPSA) is 82.5 Å². The Hall–Kier alpha value is -3.71. The van der Waals surface area contributed by atoms with Crippen molar-refractivity contribution in [2.45, 2.75) is 39.3 Å². The van der Waals surface area contributed by atoms with Crippen LogP contribution in [0.4, 0.5) is 0 Å². The van der Waals surface area contributed by atoms with E-state index >= 15 is 0 Å². The van der Waals surface area contributed by atoms with Crippen LogP contribution in [0.25, 0.3) is 21.8 Å². The molecule has 7 heteroatoms. The van der Waals surface area contributed by atoms with Crippen LogP contribution < -0.4 is 5.32 Å². The number of hydrogen-bond acceptors (Lipinski definition) is 6. The van der Waals surface area contributed by atoms with Gasteiger partial charge in [-0.1, -0.05) is 68.8 Å². The van der Waals surface area contributed by atoms with Crippen LogP contribution in [0.1, 0.15) is 42.0 Å². The summed E-state index contributed by atoms with van der Waals surface area (Å²) in [6.07, 6.45) is 1.37. The molecule has 0 saturated carbocycles. The van der Waals surface area contributed by atoms with Gasteiger partial charge in [0.2, 0.25) is 0 Å². The molecule has 36 heavy (non-hydrogen) atoms. The van der Waals surface area contributed by atoms with Crippen LogP contribution in [-0.2, 0) is 27.2 Å². The fourth-order valence-corrected chi connectivity index (χ4v) is 4.69. The van der Waals surface area contributed by atoms with E-state index in [1.807, 2.05) is 43.3 Å². The van der Waals surface area contributed by atoms with E-state index in [2.05, 4.69) is 41.1 Å². The maximum atomic E-state index is 12.5. The predicted molar refractivity (Wildman–Crippen MR) is 141 cm³/mol. The number of fused-ring (bicyclic) bond motifs is 3. The lowest BCUT2D eigenvalue weighted by Gasteiger charge is -2.22. The quantitative estimate of drug-likeness (QED) is 0.325. The van der Waals surface area contributed by atoms with Crippen LogP contribution in [0.15, 0.2) is 60.7 Å². The van der Waals surface area contributed by atoms with E-state index in [9.17, 15) is 9.59 Å². The summed E-state index contributed by atoms with van der Waals surface area (Å²) in [4.78, 5) is 29.6. The zero-order valence-electron chi connectivity index (χ0n) is 21.3. The van der Waals surface area contributed by atoms with Crippen molar-refractivity contribution in [3.05, 3.63) is 77.6 Å². The highest BCUT2D eigenvalue weighted by atomic mass is 16.5. The number of hydrogen-bond donors (Lipinski definition) is 1. The average Bonchev–Trinajstić information content (AvgIpc) is 3.23. The van der Waals surface area contributed by atoms with Gasteiger partial charge in [0.15, 0.2) is 0 Å². The number of para-hydroxylation sites is 1. The van der Waals surface area contributed by atoms with Crippen LogP contribution in [-0.4, -0.2) is 48.3 Å². The highest BCUT2D eigenvalue weighted by Crippen LogP contribution is 2.32. The van der Waals surface area contributed by atoms with E-state index < -0.39 is 12.0 Å².